The predicted molar refractivity (Wildman–Crippen MR) is 107 cm³/mol. The fraction of sp³-hybridized carbons (Fsp3) is 0.0500. The Morgan fingerprint density at radius 1 is 0.963 bits per heavy atom. The number of anilines is 1. The van der Waals surface area contributed by atoms with Crippen LogP contribution in [0.5, 0.6) is 0 Å². The number of benzene rings is 2. The van der Waals surface area contributed by atoms with Crippen molar-refractivity contribution < 1.29 is 4.79 Å². The van der Waals surface area contributed by atoms with Crippen LogP contribution < -0.4 is 5.32 Å². The van der Waals surface area contributed by atoms with Crippen molar-refractivity contribution in [2.75, 3.05) is 5.32 Å². The lowest BCUT2D eigenvalue weighted by atomic mass is 10.2. The normalized spacial score (nSPS) is 10.7. The molecular formula is C20H16BrN5O. The number of nitrogens with one attached hydrogen (secondary N) is 1. The summed E-state index contributed by atoms with van der Waals surface area (Å²) in [6.45, 7) is 0.558. The van der Waals surface area contributed by atoms with Crippen molar-refractivity contribution in [2.45, 2.75) is 6.54 Å². The number of hydrogen-bond acceptors (Lipinski definition) is 3. The monoisotopic (exact) mass is 421 g/mol. The summed E-state index contributed by atoms with van der Waals surface area (Å²) >= 11 is 3.54. The molecule has 2 heterocycles. The first-order chi connectivity index (χ1) is 13.2. The lowest BCUT2D eigenvalue weighted by Crippen LogP contribution is -2.16. The minimum atomic E-state index is -0.184. The molecule has 0 bridgehead atoms. The van der Waals surface area contributed by atoms with Gasteiger partial charge in [0.15, 0.2) is 0 Å². The van der Waals surface area contributed by atoms with E-state index >= 15 is 0 Å². The third-order valence-corrected chi connectivity index (χ3v) is 4.91. The van der Waals surface area contributed by atoms with Crippen molar-refractivity contribution in [1.29, 1.82) is 0 Å². The highest BCUT2D eigenvalue weighted by Gasteiger charge is 2.11. The van der Waals surface area contributed by atoms with Crippen molar-refractivity contribution in [3.05, 3.63) is 94.9 Å². The third kappa shape index (κ3) is 3.83. The molecule has 0 atom stereocenters. The summed E-state index contributed by atoms with van der Waals surface area (Å²) in [5.41, 5.74) is 2.55. The van der Waals surface area contributed by atoms with Gasteiger partial charge in [0.1, 0.15) is 5.82 Å². The summed E-state index contributed by atoms with van der Waals surface area (Å²) in [6.07, 6.45) is 5.25. The summed E-state index contributed by atoms with van der Waals surface area (Å²) < 4.78 is 4.51. The van der Waals surface area contributed by atoms with Gasteiger partial charge in [-0.1, -0.05) is 34.1 Å². The average molecular weight is 422 g/mol. The van der Waals surface area contributed by atoms with E-state index < -0.39 is 0 Å². The zero-order valence-corrected chi connectivity index (χ0v) is 15.9. The van der Waals surface area contributed by atoms with Gasteiger partial charge < -0.3 is 5.32 Å². The summed E-state index contributed by atoms with van der Waals surface area (Å²) in [6, 6.07) is 18.9. The molecule has 7 heteroatoms. The molecule has 0 aliphatic heterocycles. The van der Waals surface area contributed by atoms with Gasteiger partial charge in [0.25, 0.3) is 5.91 Å². The summed E-state index contributed by atoms with van der Waals surface area (Å²) in [5, 5.41) is 11.4. The van der Waals surface area contributed by atoms with Gasteiger partial charge in [-0.3, -0.25) is 4.79 Å². The number of aromatic nitrogens is 4. The van der Waals surface area contributed by atoms with Crippen LogP contribution in [0.4, 0.5) is 5.82 Å². The lowest BCUT2D eigenvalue weighted by Gasteiger charge is -2.10. The number of carbonyl (C=O) groups excluding carboxylic acids is 1. The maximum absolute atomic E-state index is 12.6. The van der Waals surface area contributed by atoms with Gasteiger partial charge in [-0.05, 0) is 42.0 Å². The maximum Gasteiger partial charge on any atom is 0.256 e. The SMILES string of the molecule is O=C(Nc1ccnn1Cc1ccccc1Br)c1ccc(-n2cccn2)cc1. The molecule has 4 rings (SSSR count). The Morgan fingerprint density at radius 2 is 1.78 bits per heavy atom. The Bertz CT molecular complexity index is 1050. The Kier molecular flexibility index (Phi) is 4.84. The number of hydrogen-bond donors (Lipinski definition) is 1. The molecule has 0 unspecified atom stereocenters. The van der Waals surface area contributed by atoms with Gasteiger partial charge in [0.2, 0.25) is 0 Å². The minimum absolute atomic E-state index is 0.184. The molecule has 0 radical (unpaired) electrons. The maximum atomic E-state index is 12.6. The molecule has 6 nitrogen and oxygen atoms in total. The van der Waals surface area contributed by atoms with Crippen LogP contribution in [0.25, 0.3) is 5.69 Å². The van der Waals surface area contributed by atoms with Gasteiger partial charge in [-0.2, -0.15) is 10.2 Å². The van der Waals surface area contributed by atoms with E-state index in [2.05, 4.69) is 31.4 Å². The highest BCUT2D eigenvalue weighted by atomic mass is 79.9. The van der Waals surface area contributed by atoms with Gasteiger partial charge in [0.05, 0.1) is 18.4 Å². The number of rotatable bonds is 5. The first-order valence-corrected chi connectivity index (χ1v) is 9.17. The largest absolute Gasteiger partial charge is 0.307 e. The molecule has 4 aromatic rings. The lowest BCUT2D eigenvalue weighted by molar-refractivity contribution is 0.102. The van der Waals surface area contributed by atoms with Crippen LogP contribution in [0.2, 0.25) is 0 Å². The average Bonchev–Trinajstić information content (AvgIpc) is 3.36. The van der Waals surface area contributed by atoms with Crippen molar-refractivity contribution in [3.63, 3.8) is 0 Å². The first kappa shape index (κ1) is 17.2. The van der Waals surface area contributed by atoms with Crippen LogP contribution in [0.3, 0.4) is 0 Å². The number of amides is 1. The Labute approximate surface area is 164 Å². The van der Waals surface area contributed by atoms with Crippen LogP contribution in [-0.2, 0) is 6.54 Å². The first-order valence-electron chi connectivity index (χ1n) is 8.37. The van der Waals surface area contributed by atoms with E-state index in [1.807, 2.05) is 48.7 Å². The molecule has 1 amide bonds. The highest BCUT2D eigenvalue weighted by Crippen LogP contribution is 2.19. The molecular weight excluding hydrogens is 406 g/mol. The number of halogens is 1. The molecule has 0 aliphatic carbocycles. The fourth-order valence-electron chi connectivity index (χ4n) is 2.73. The fourth-order valence-corrected chi connectivity index (χ4v) is 3.14. The summed E-state index contributed by atoms with van der Waals surface area (Å²) in [7, 11) is 0. The van der Waals surface area contributed by atoms with Crippen LogP contribution in [0.15, 0.2) is 83.7 Å². The molecule has 2 aromatic heterocycles. The van der Waals surface area contributed by atoms with Gasteiger partial charge in [-0.15, -0.1) is 0 Å². The van der Waals surface area contributed by atoms with Crippen LogP contribution in [0, 0.1) is 0 Å². The van der Waals surface area contributed by atoms with E-state index in [1.54, 1.807) is 40.0 Å². The second-order valence-corrected chi connectivity index (χ2v) is 6.77. The van der Waals surface area contributed by atoms with Crippen LogP contribution >= 0.6 is 15.9 Å². The molecule has 0 aliphatic rings. The van der Waals surface area contributed by atoms with Gasteiger partial charge in [0, 0.05) is 28.5 Å². The Morgan fingerprint density at radius 3 is 2.52 bits per heavy atom. The zero-order valence-electron chi connectivity index (χ0n) is 14.3. The van der Waals surface area contributed by atoms with E-state index in [1.165, 1.54) is 0 Å². The molecule has 0 spiro atoms. The van der Waals surface area contributed by atoms with E-state index in [4.69, 9.17) is 0 Å². The summed E-state index contributed by atoms with van der Waals surface area (Å²) in [4.78, 5) is 12.6. The highest BCUT2D eigenvalue weighted by molar-refractivity contribution is 9.10. The van der Waals surface area contributed by atoms with Crippen LogP contribution in [0.1, 0.15) is 15.9 Å². The van der Waals surface area contributed by atoms with Crippen molar-refractivity contribution in [2.24, 2.45) is 0 Å². The molecule has 2 aromatic carbocycles. The number of nitrogens with zero attached hydrogens (tertiary/aromatic N) is 4. The van der Waals surface area contributed by atoms with Gasteiger partial charge >= 0.3 is 0 Å². The molecule has 1 N–H and O–H groups in total. The molecule has 134 valence electrons. The Balaban J connectivity index is 1.49. The molecule has 0 fully saturated rings. The predicted octanol–water partition coefficient (Wildman–Crippen LogP) is 4.13. The molecule has 27 heavy (non-hydrogen) atoms. The number of carbonyl (C=O) groups is 1. The zero-order chi connectivity index (χ0) is 18.6. The van der Waals surface area contributed by atoms with E-state index in [9.17, 15) is 4.79 Å². The molecule has 0 saturated carbocycles. The Hall–Kier alpha value is -3.19. The van der Waals surface area contributed by atoms with Crippen molar-refractivity contribution >= 4 is 27.7 Å². The second kappa shape index (κ2) is 7.59. The quantitative estimate of drug-likeness (QED) is 0.526. The topological polar surface area (TPSA) is 64.7 Å². The van der Waals surface area contributed by atoms with Crippen molar-refractivity contribution in [1.82, 2.24) is 19.6 Å². The minimum Gasteiger partial charge on any atom is -0.307 e. The van der Waals surface area contributed by atoms with Crippen LogP contribution in [-0.4, -0.2) is 25.5 Å². The third-order valence-electron chi connectivity index (χ3n) is 4.13. The van der Waals surface area contributed by atoms with Gasteiger partial charge in [-0.25, -0.2) is 9.36 Å². The van der Waals surface area contributed by atoms with Crippen molar-refractivity contribution in [3.8, 4) is 5.69 Å². The standard InChI is InChI=1S/C20H16BrN5O/c21-18-5-2-1-4-16(18)14-26-19(10-12-23-26)24-20(27)15-6-8-17(9-7-15)25-13-3-11-22-25/h1-13H,14H2,(H,24,27). The summed E-state index contributed by atoms with van der Waals surface area (Å²) in [5.74, 6) is 0.461. The smallest absolute Gasteiger partial charge is 0.256 e. The second-order valence-electron chi connectivity index (χ2n) is 5.92. The molecule has 0 saturated heterocycles. The van der Waals surface area contributed by atoms with E-state index in [0.717, 1.165) is 15.7 Å². The van der Waals surface area contributed by atoms with E-state index in [-0.39, 0.29) is 5.91 Å². The van der Waals surface area contributed by atoms with E-state index in [0.29, 0.717) is 17.9 Å².